The Morgan fingerprint density at radius 3 is 2.00 bits per heavy atom. The van der Waals surface area contributed by atoms with Crippen LogP contribution in [0.4, 0.5) is 0 Å². The third kappa shape index (κ3) is 4.45. The Morgan fingerprint density at radius 1 is 1.06 bits per heavy atom. The Kier molecular flexibility index (Phi) is 5.70. The Bertz CT molecular complexity index is 503. The molecule has 0 radical (unpaired) electrons. The van der Waals surface area contributed by atoms with E-state index in [1.54, 1.807) is 42.5 Å². The van der Waals surface area contributed by atoms with Crippen LogP contribution in [0.25, 0.3) is 0 Å². The van der Waals surface area contributed by atoms with Gasteiger partial charge in [-0.2, -0.15) is 5.90 Å². The highest BCUT2D eigenvalue weighted by Gasteiger charge is 1.96. The molecule has 5 heteroatoms. The zero-order valence-corrected chi connectivity index (χ0v) is 10.2. The first kappa shape index (κ1) is 14.0. The Morgan fingerprint density at radius 2 is 1.61 bits per heavy atom. The minimum Gasteiger partial charge on any atom is -0.504 e. The second kappa shape index (κ2) is 7.32. The highest BCUT2D eigenvalue weighted by molar-refractivity contribution is 6.67. The molecule has 2 aromatic rings. The fourth-order valence-corrected chi connectivity index (χ4v) is 1.25. The van der Waals surface area contributed by atoms with E-state index in [0.717, 1.165) is 0 Å². The van der Waals surface area contributed by atoms with Crippen LogP contribution >= 0.6 is 11.6 Å². The first-order valence-electron chi connectivity index (χ1n) is 5.04. The van der Waals surface area contributed by atoms with Crippen molar-refractivity contribution in [3.63, 3.8) is 0 Å². The number of aromatic hydroxyl groups is 1. The molecule has 2 aromatic carbocycles. The standard InChI is InChI=1S/C7H5ClO.C6H7NO2/c8-7(9)6-4-2-1-3-5-6;7-9-6-4-2-1-3-5(6)8/h1-5H;1-4,8H,7H2. The number of carbonyl (C=O) groups excluding carboxylic acids is 1. The molecular weight excluding hydrogens is 254 g/mol. The number of phenolic OH excluding ortho intramolecular Hbond substituents is 1. The number of para-hydroxylation sites is 2. The number of phenols is 1. The molecule has 0 heterocycles. The number of hydrogen-bond acceptors (Lipinski definition) is 4. The monoisotopic (exact) mass is 265 g/mol. The third-order valence-corrected chi connectivity index (χ3v) is 2.21. The van der Waals surface area contributed by atoms with Gasteiger partial charge >= 0.3 is 0 Å². The van der Waals surface area contributed by atoms with Crippen molar-refractivity contribution in [1.29, 1.82) is 0 Å². The van der Waals surface area contributed by atoms with Gasteiger partial charge in [0.05, 0.1) is 0 Å². The first-order chi connectivity index (χ1) is 8.65. The fraction of sp³-hybridized carbons (Fsp3) is 0. The van der Waals surface area contributed by atoms with Crippen LogP contribution in [0.1, 0.15) is 10.4 Å². The van der Waals surface area contributed by atoms with Crippen LogP contribution in [0.15, 0.2) is 54.6 Å². The molecule has 0 aliphatic carbocycles. The third-order valence-electron chi connectivity index (χ3n) is 1.99. The number of hydrogen-bond donors (Lipinski definition) is 2. The summed E-state index contributed by atoms with van der Waals surface area (Å²) in [6.07, 6.45) is 0. The van der Waals surface area contributed by atoms with Gasteiger partial charge in [-0.3, -0.25) is 4.79 Å². The summed E-state index contributed by atoms with van der Waals surface area (Å²) in [5, 5.41) is 8.50. The summed E-state index contributed by atoms with van der Waals surface area (Å²) in [7, 11) is 0. The smallest absolute Gasteiger partial charge is 0.252 e. The van der Waals surface area contributed by atoms with E-state index in [2.05, 4.69) is 4.84 Å². The molecule has 0 saturated carbocycles. The predicted molar refractivity (Wildman–Crippen MR) is 69.5 cm³/mol. The van der Waals surface area contributed by atoms with Crippen molar-refractivity contribution < 1.29 is 14.7 Å². The molecule has 18 heavy (non-hydrogen) atoms. The second-order valence-electron chi connectivity index (χ2n) is 3.23. The fourth-order valence-electron chi connectivity index (χ4n) is 1.13. The summed E-state index contributed by atoms with van der Waals surface area (Å²) in [4.78, 5) is 14.7. The van der Waals surface area contributed by atoms with E-state index in [0.29, 0.717) is 5.56 Å². The number of rotatable bonds is 2. The summed E-state index contributed by atoms with van der Waals surface area (Å²) < 4.78 is 0. The topological polar surface area (TPSA) is 72.6 Å². The normalized spacial score (nSPS) is 9.00. The van der Waals surface area contributed by atoms with Crippen molar-refractivity contribution in [2.75, 3.05) is 0 Å². The molecule has 0 fully saturated rings. The van der Waals surface area contributed by atoms with Gasteiger partial charge in [0, 0.05) is 5.56 Å². The van der Waals surface area contributed by atoms with Crippen LogP contribution in [0.2, 0.25) is 0 Å². The molecule has 4 nitrogen and oxygen atoms in total. The van der Waals surface area contributed by atoms with Gasteiger partial charge in [-0.15, -0.1) is 0 Å². The average molecular weight is 266 g/mol. The molecule has 0 aliphatic rings. The summed E-state index contributed by atoms with van der Waals surface area (Å²) >= 11 is 5.16. The number of halogens is 1. The van der Waals surface area contributed by atoms with E-state index >= 15 is 0 Å². The molecule has 0 aromatic heterocycles. The molecule has 0 aliphatic heterocycles. The lowest BCUT2D eigenvalue weighted by atomic mass is 10.2. The molecule has 2 rings (SSSR count). The molecular formula is C13H12ClNO3. The molecule has 0 spiro atoms. The van der Waals surface area contributed by atoms with E-state index in [9.17, 15) is 4.79 Å². The second-order valence-corrected chi connectivity index (χ2v) is 3.57. The van der Waals surface area contributed by atoms with Crippen molar-refractivity contribution in [2.45, 2.75) is 0 Å². The van der Waals surface area contributed by atoms with Crippen LogP contribution in [-0.4, -0.2) is 10.3 Å². The van der Waals surface area contributed by atoms with Crippen molar-refractivity contribution in [3.8, 4) is 11.5 Å². The molecule has 0 bridgehead atoms. The maximum Gasteiger partial charge on any atom is 0.252 e. The first-order valence-corrected chi connectivity index (χ1v) is 5.42. The number of carbonyl (C=O) groups is 1. The number of benzene rings is 2. The maximum atomic E-state index is 10.4. The van der Waals surface area contributed by atoms with Gasteiger partial charge in [-0.25, -0.2) is 0 Å². The largest absolute Gasteiger partial charge is 0.504 e. The van der Waals surface area contributed by atoms with Gasteiger partial charge in [0.2, 0.25) is 0 Å². The van der Waals surface area contributed by atoms with Gasteiger partial charge in [0.25, 0.3) is 5.24 Å². The van der Waals surface area contributed by atoms with Crippen LogP contribution in [0.5, 0.6) is 11.5 Å². The zero-order chi connectivity index (χ0) is 13.4. The molecule has 0 saturated heterocycles. The summed E-state index contributed by atoms with van der Waals surface area (Å²) in [5.74, 6) is 5.14. The van der Waals surface area contributed by atoms with Crippen molar-refractivity contribution in [2.24, 2.45) is 5.90 Å². The van der Waals surface area contributed by atoms with Gasteiger partial charge in [0.15, 0.2) is 11.5 Å². The van der Waals surface area contributed by atoms with E-state index in [1.807, 2.05) is 6.07 Å². The molecule has 0 unspecified atom stereocenters. The van der Waals surface area contributed by atoms with Crippen molar-refractivity contribution in [1.82, 2.24) is 0 Å². The average Bonchev–Trinajstić information content (AvgIpc) is 2.41. The predicted octanol–water partition coefficient (Wildman–Crippen LogP) is 2.71. The zero-order valence-electron chi connectivity index (χ0n) is 9.42. The van der Waals surface area contributed by atoms with Crippen LogP contribution < -0.4 is 10.7 Å². The minimum absolute atomic E-state index is 0.0556. The lowest BCUT2D eigenvalue weighted by molar-refractivity contribution is 0.108. The summed E-state index contributed by atoms with van der Waals surface area (Å²) in [6.45, 7) is 0. The van der Waals surface area contributed by atoms with Crippen LogP contribution in [0.3, 0.4) is 0 Å². The molecule has 3 N–H and O–H groups in total. The van der Waals surface area contributed by atoms with Gasteiger partial charge < -0.3 is 9.94 Å². The minimum atomic E-state index is -0.407. The Labute approximate surface area is 110 Å². The molecule has 94 valence electrons. The van der Waals surface area contributed by atoms with Gasteiger partial charge in [-0.1, -0.05) is 42.5 Å². The van der Waals surface area contributed by atoms with E-state index < -0.39 is 5.24 Å². The Hall–Kier alpha value is -2.04. The molecule has 0 atom stereocenters. The van der Waals surface area contributed by atoms with E-state index in [4.69, 9.17) is 22.6 Å². The van der Waals surface area contributed by atoms with E-state index in [-0.39, 0.29) is 11.5 Å². The van der Waals surface area contributed by atoms with Crippen LogP contribution in [0, 0.1) is 0 Å². The van der Waals surface area contributed by atoms with Gasteiger partial charge in [-0.05, 0) is 23.7 Å². The van der Waals surface area contributed by atoms with E-state index in [1.165, 1.54) is 6.07 Å². The van der Waals surface area contributed by atoms with Crippen LogP contribution in [-0.2, 0) is 0 Å². The lowest BCUT2D eigenvalue weighted by Gasteiger charge is -1.98. The lowest BCUT2D eigenvalue weighted by Crippen LogP contribution is -2.01. The summed E-state index contributed by atoms with van der Waals surface area (Å²) in [6, 6.07) is 15.2. The SMILES string of the molecule is NOc1ccccc1O.O=C(Cl)c1ccccc1. The highest BCUT2D eigenvalue weighted by atomic mass is 35.5. The Balaban J connectivity index is 0.000000180. The summed E-state index contributed by atoms with van der Waals surface area (Å²) in [5.41, 5.74) is 0.541. The van der Waals surface area contributed by atoms with Crippen molar-refractivity contribution >= 4 is 16.8 Å². The maximum absolute atomic E-state index is 10.4. The highest BCUT2D eigenvalue weighted by Crippen LogP contribution is 2.22. The quantitative estimate of drug-likeness (QED) is 0.647. The van der Waals surface area contributed by atoms with Crippen molar-refractivity contribution in [3.05, 3.63) is 60.2 Å². The molecule has 0 amide bonds. The van der Waals surface area contributed by atoms with Gasteiger partial charge in [0.1, 0.15) is 0 Å². The number of nitrogens with two attached hydrogens (primary N) is 1.